The second-order valence-electron chi connectivity index (χ2n) is 13.5. The minimum absolute atomic E-state index is 0.158. The van der Waals surface area contributed by atoms with Gasteiger partial charge in [0.1, 0.15) is 22.7 Å². The molecular formula is C46H30O2. The summed E-state index contributed by atoms with van der Waals surface area (Å²) in [6, 6.07) is 35.2. The third-order valence-electron chi connectivity index (χ3n) is 11.0. The van der Waals surface area contributed by atoms with Gasteiger partial charge in [-0.1, -0.05) is 115 Å². The van der Waals surface area contributed by atoms with E-state index in [0.29, 0.717) is 5.92 Å². The van der Waals surface area contributed by atoms with Crippen LogP contribution in [0, 0.1) is 5.92 Å². The maximum absolute atomic E-state index is 6.57. The minimum atomic E-state index is 0.158. The molecule has 2 unspecified atom stereocenters. The molecule has 0 radical (unpaired) electrons. The topological polar surface area (TPSA) is 22.4 Å². The van der Waals surface area contributed by atoms with Gasteiger partial charge in [-0.2, -0.15) is 0 Å². The minimum Gasteiger partial charge on any atom is -0.461 e. The summed E-state index contributed by atoms with van der Waals surface area (Å²) in [7, 11) is 0. The number of ether oxygens (including phenoxy) is 1. The van der Waals surface area contributed by atoms with Crippen LogP contribution in [0.1, 0.15) is 35.4 Å². The van der Waals surface area contributed by atoms with E-state index in [2.05, 4.69) is 140 Å². The van der Waals surface area contributed by atoms with Crippen molar-refractivity contribution in [1.82, 2.24) is 0 Å². The number of benzene rings is 6. The second-order valence-corrected chi connectivity index (χ2v) is 13.5. The molecule has 6 aromatic carbocycles. The quantitative estimate of drug-likeness (QED) is 0.181. The fourth-order valence-electron chi connectivity index (χ4n) is 8.79. The highest BCUT2D eigenvalue weighted by Gasteiger charge is 2.34. The molecule has 48 heavy (non-hydrogen) atoms. The summed E-state index contributed by atoms with van der Waals surface area (Å²) in [6.45, 7) is 0. The number of fused-ring (bicyclic) bond motifs is 11. The number of hydrogen-bond acceptors (Lipinski definition) is 2. The maximum atomic E-state index is 6.57. The number of furan rings is 1. The molecule has 4 aliphatic rings. The Morgan fingerprint density at radius 2 is 1.25 bits per heavy atom. The van der Waals surface area contributed by atoms with Crippen LogP contribution >= 0.6 is 0 Å². The molecule has 0 saturated heterocycles. The Labute approximate surface area is 277 Å². The predicted molar refractivity (Wildman–Crippen MR) is 199 cm³/mol. The van der Waals surface area contributed by atoms with E-state index in [4.69, 9.17) is 9.15 Å². The van der Waals surface area contributed by atoms with Gasteiger partial charge in [-0.05, 0) is 103 Å². The lowest BCUT2D eigenvalue weighted by molar-refractivity contribution is 0.427. The van der Waals surface area contributed by atoms with E-state index in [1.165, 1.54) is 71.1 Å². The molecule has 2 heterocycles. The van der Waals surface area contributed by atoms with Crippen molar-refractivity contribution in [3.05, 3.63) is 174 Å². The highest BCUT2D eigenvalue weighted by atomic mass is 16.5. The summed E-state index contributed by atoms with van der Waals surface area (Å²) in [6.07, 6.45) is 20.0. The second kappa shape index (κ2) is 9.82. The molecule has 2 heteroatoms. The third-order valence-corrected chi connectivity index (χ3v) is 11.0. The van der Waals surface area contributed by atoms with Crippen LogP contribution < -0.4 is 4.74 Å². The summed E-state index contributed by atoms with van der Waals surface area (Å²) in [5, 5.41) is 10.0. The molecule has 1 aromatic heterocycles. The number of rotatable bonds is 2. The predicted octanol–water partition coefficient (Wildman–Crippen LogP) is 12.3. The Morgan fingerprint density at radius 1 is 0.562 bits per heavy atom. The molecule has 0 N–H and O–H groups in total. The molecule has 2 nitrogen and oxygen atoms in total. The monoisotopic (exact) mass is 614 g/mol. The van der Waals surface area contributed by atoms with Gasteiger partial charge in [0, 0.05) is 28.2 Å². The van der Waals surface area contributed by atoms with Gasteiger partial charge in [0.25, 0.3) is 0 Å². The van der Waals surface area contributed by atoms with Crippen molar-refractivity contribution in [1.29, 1.82) is 0 Å². The molecule has 0 spiro atoms. The maximum Gasteiger partial charge on any atom is 0.136 e. The lowest BCUT2D eigenvalue weighted by atomic mass is 9.77. The molecule has 7 aromatic rings. The zero-order valence-electron chi connectivity index (χ0n) is 26.2. The summed E-state index contributed by atoms with van der Waals surface area (Å²) >= 11 is 0. The summed E-state index contributed by atoms with van der Waals surface area (Å²) in [5.41, 5.74) is 9.98. The van der Waals surface area contributed by atoms with Gasteiger partial charge in [-0.3, -0.25) is 0 Å². The fraction of sp³-hybridized carbons (Fsp3) is 0.0870. The van der Waals surface area contributed by atoms with Crippen LogP contribution in [0.5, 0.6) is 5.75 Å². The normalized spacial score (nSPS) is 19.6. The summed E-state index contributed by atoms with van der Waals surface area (Å²) < 4.78 is 12.8. The van der Waals surface area contributed by atoms with E-state index in [-0.39, 0.29) is 5.92 Å². The Bertz CT molecular complexity index is 2700. The van der Waals surface area contributed by atoms with Crippen LogP contribution in [0.15, 0.2) is 161 Å². The van der Waals surface area contributed by atoms with Crippen molar-refractivity contribution >= 4 is 65.4 Å². The summed E-state index contributed by atoms with van der Waals surface area (Å²) in [5.74, 6) is 2.59. The van der Waals surface area contributed by atoms with E-state index in [1.807, 2.05) is 6.07 Å². The number of hydrogen-bond donors (Lipinski definition) is 0. The largest absolute Gasteiger partial charge is 0.461 e. The molecule has 1 aliphatic heterocycles. The molecule has 3 aliphatic carbocycles. The van der Waals surface area contributed by atoms with Gasteiger partial charge in [0.05, 0.1) is 0 Å². The van der Waals surface area contributed by atoms with Gasteiger partial charge < -0.3 is 9.15 Å². The van der Waals surface area contributed by atoms with Crippen LogP contribution in [0.25, 0.3) is 65.4 Å². The van der Waals surface area contributed by atoms with Crippen LogP contribution in [0.2, 0.25) is 0 Å². The molecule has 0 saturated carbocycles. The Kier molecular flexibility index (Phi) is 5.37. The van der Waals surface area contributed by atoms with Crippen LogP contribution in [0.3, 0.4) is 0 Å². The Morgan fingerprint density at radius 3 is 2.02 bits per heavy atom. The molecule has 2 atom stereocenters. The van der Waals surface area contributed by atoms with Crippen molar-refractivity contribution in [2.45, 2.75) is 18.8 Å². The lowest BCUT2D eigenvalue weighted by Crippen LogP contribution is -2.08. The summed E-state index contributed by atoms with van der Waals surface area (Å²) in [4.78, 5) is 0. The van der Waals surface area contributed by atoms with Crippen molar-refractivity contribution in [3.63, 3.8) is 0 Å². The van der Waals surface area contributed by atoms with Gasteiger partial charge >= 0.3 is 0 Å². The number of para-hydroxylation sites is 1. The van der Waals surface area contributed by atoms with E-state index in [1.54, 1.807) is 0 Å². The smallest absolute Gasteiger partial charge is 0.136 e. The van der Waals surface area contributed by atoms with Crippen LogP contribution in [-0.4, -0.2) is 0 Å². The number of allylic oxidation sites excluding steroid dienone is 12. The SMILES string of the molecule is C1=CC2=CC=C(c3c4ccccc4c(C4=CC=C5Oc6cc7ccc8oc9ccccc9c8c7cc6C5C4)c4ccccc34)CC2C=C1. The van der Waals surface area contributed by atoms with Crippen molar-refractivity contribution in [2.24, 2.45) is 5.92 Å². The van der Waals surface area contributed by atoms with Gasteiger partial charge in [0.15, 0.2) is 0 Å². The first-order valence-corrected chi connectivity index (χ1v) is 16.9. The zero-order valence-corrected chi connectivity index (χ0v) is 26.2. The molecule has 226 valence electrons. The molecular weight excluding hydrogens is 585 g/mol. The Hall–Kier alpha value is -5.86. The molecule has 11 rings (SSSR count). The average molecular weight is 615 g/mol. The zero-order chi connectivity index (χ0) is 31.3. The molecule has 0 bridgehead atoms. The van der Waals surface area contributed by atoms with E-state index in [0.717, 1.165) is 40.9 Å². The Balaban J connectivity index is 1.08. The first-order valence-electron chi connectivity index (χ1n) is 16.9. The third kappa shape index (κ3) is 3.69. The first kappa shape index (κ1) is 26.2. The lowest BCUT2D eigenvalue weighted by Gasteiger charge is -2.26. The van der Waals surface area contributed by atoms with Crippen molar-refractivity contribution in [3.8, 4) is 5.75 Å². The van der Waals surface area contributed by atoms with E-state index < -0.39 is 0 Å². The highest BCUT2D eigenvalue weighted by Crippen LogP contribution is 2.52. The van der Waals surface area contributed by atoms with Gasteiger partial charge in [-0.15, -0.1) is 0 Å². The first-order chi connectivity index (χ1) is 23.8. The fourth-order valence-corrected chi connectivity index (χ4v) is 8.79. The van der Waals surface area contributed by atoms with Gasteiger partial charge in [0.2, 0.25) is 0 Å². The van der Waals surface area contributed by atoms with E-state index in [9.17, 15) is 0 Å². The van der Waals surface area contributed by atoms with Crippen LogP contribution in [-0.2, 0) is 0 Å². The van der Waals surface area contributed by atoms with Crippen molar-refractivity contribution < 1.29 is 9.15 Å². The highest BCUT2D eigenvalue weighted by molar-refractivity contribution is 6.19. The van der Waals surface area contributed by atoms with Crippen molar-refractivity contribution in [2.75, 3.05) is 0 Å². The average Bonchev–Trinajstić information content (AvgIpc) is 3.70. The molecule has 0 amide bonds. The standard InChI is InChI=1S/C46H30O2/c1-2-10-28-23-30(18-17-27(28)9-1)44-32-11-3-5-13-34(32)45(35-14-6-4-12-33(35)44)31-20-21-41-38(24-31)39-26-37-29(25-43(39)48-41)19-22-42-46(37)36-15-7-8-16-40(36)47-42/h1-22,25-26,28,38H,23-24H2. The van der Waals surface area contributed by atoms with Gasteiger partial charge in [-0.25, -0.2) is 0 Å². The van der Waals surface area contributed by atoms with E-state index >= 15 is 0 Å². The van der Waals surface area contributed by atoms with Crippen LogP contribution in [0.4, 0.5) is 0 Å². The molecule has 0 fully saturated rings.